The van der Waals surface area contributed by atoms with Gasteiger partial charge in [-0.1, -0.05) is 12.1 Å². The van der Waals surface area contributed by atoms with E-state index in [4.69, 9.17) is 4.74 Å². The molecule has 1 fully saturated rings. The smallest absolute Gasteiger partial charge is 0.410 e. The van der Waals surface area contributed by atoms with Crippen molar-refractivity contribution in [3.05, 3.63) is 64.2 Å². The largest absolute Gasteiger partial charge is 0.444 e. The molecule has 31 heavy (non-hydrogen) atoms. The van der Waals surface area contributed by atoms with Gasteiger partial charge < -0.3 is 19.9 Å². The van der Waals surface area contributed by atoms with Gasteiger partial charge in [0, 0.05) is 43.9 Å². The van der Waals surface area contributed by atoms with E-state index in [2.05, 4.69) is 10.2 Å². The minimum Gasteiger partial charge on any atom is -0.444 e. The van der Waals surface area contributed by atoms with Gasteiger partial charge in [0.25, 0.3) is 11.6 Å². The van der Waals surface area contributed by atoms with Crippen LogP contribution in [0.3, 0.4) is 0 Å². The van der Waals surface area contributed by atoms with Crippen molar-refractivity contribution in [1.29, 1.82) is 0 Å². The number of anilines is 2. The molecule has 0 bridgehead atoms. The van der Waals surface area contributed by atoms with Gasteiger partial charge in [-0.05, 0) is 45.0 Å². The molecule has 0 unspecified atom stereocenters. The number of amides is 2. The van der Waals surface area contributed by atoms with Gasteiger partial charge in [0.1, 0.15) is 5.60 Å². The number of nitro benzene ring substituents is 1. The Morgan fingerprint density at radius 3 is 2.19 bits per heavy atom. The predicted octanol–water partition coefficient (Wildman–Crippen LogP) is 3.90. The quantitative estimate of drug-likeness (QED) is 0.587. The van der Waals surface area contributed by atoms with Crippen LogP contribution in [0.15, 0.2) is 48.5 Å². The van der Waals surface area contributed by atoms with E-state index in [9.17, 15) is 19.7 Å². The van der Waals surface area contributed by atoms with Gasteiger partial charge >= 0.3 is 6.09 Å². The van der Waals surface area contributed by atoms with Gasteiger partial charge in [-0.25, -0.2) is 4.79 Å². The van der Waals surface area contributed by atoms with Crippen LogP contribution in [0, 0.1) is 10.1 Å². The molecule has 3 rings (SSSR count). The summed E-state index contributed by atoms with van der Waals surface area (Å²) >= 11 is 0. The number of non-ortho nitro benzene ring substituents is 1. The number of piperazine rings is 1. The van der Waals surface area contributed by atoms with Crippen LogP contribution in [0.2, 0.25) is 0 Å². The molecule has 0 radical (unpaired) electrons. The van der Waals surface area contributed by atoms with Crippen LogP contribution in [-0.2, 0) is 4.74 Å². The molecular weight excluding hydrogens is 400 g/mol. The highest BCUT2D eigenvalue weighted by atomic mass is 16.6. The first-order chi connectivity index (χ1) is 14.6. The Morgan fingerprint density at radius 2 is 1.61 bits per heavy atom. The normalized spacial score (nSPS) is 14.2. The fourth-order valence-electron chi connectivity index (χ4n) is 3.24. The highest BCUT2D eigenvalue weighted by Crippen LogP contribution is 2.27. The minimum atomic E-state index is -0.539. The van der Waals surface area contributed by atoms with Crippen molar-refractivity contribution in [2.75, 3.05) is 36.4 Å². The Morgan fingerprint density at radius 1 is 1.00 bits per heavy atom. The number of ether oxygens (including phenoxy) is 1. The topological polar surface area (TPSA) is 105 Å². The maximum Gasteiger partial charge on any atom is 0.410 e. The molecule has 0 atom stereocenters. The molecule has 0 aromatic heterocycles. The second-order valence-corrected chi connectivity index (χ2v) is 8.23. The van der Waals surface area contributed by atoms with Gasteiger partial charge in [-0.3, -0.25) is 14.9 Å². The lowest BCUT2D eigenvalue weighted by Crippen LogP contribution is -2.50. The van der Waals surface area contributed by atoms with E-state index < -0.39 is 10.5 Å². The molecule has 164 valence electrons. The summed E-state index contributed by atoms with van der Waals surface area (Å²) in [4.78, 5) is 39.0. The molecule has 2 amide bonds. The van der Waals surface area contributed by atoms with Gasteiger partial charge in [0.05, 0.1) is 16.3 Å². The fraction of sp³-hybridized carbons (Fsp3) is 0.364. The number of rotatable bonds is 4. The maximum absolute atomic E-state index is 12.6. The SMILES string of the molecule is CC(C)(C)OC(=O)N1CCN(c2ccccc2NC(=O)c2ccc([N+](=O)[O-])cc2)CC1. The number of hydrogen-bond donors (Lipinski definition) is 1. The van der Waals surface area contributed by atoms with Crippen molar-refractivity contribution >= 4 is 29.1 Å². The monoisotopic (exact) mass is 426 g/mol. The van der Waals surface area contributed by atoms with Crippen molar-refractivity contribution < 1.29 is 19.2 Å². The van der Waals surface area contributed by atoms with Gasteiger partial charge in [0.2, 0.25) is 0 Å². The molecule has 0 saturated carbocycles. The lowest BCUT2D eigenvalue weighted by atomic mass is 10.1. The standard InChI is InChI=1S/C22H26N4O5/c1-22(2,3)31-21(28)25-14-12-24(13-15-25)19-7-5-4-6-18(19)23-20(27)16-8-10-17(11-9-16)26(29)30/h4-11H,12-15H2,1-3H3,(H,23,27). The zero-order valence-electron chi connectivity index (χ0n) is 17.8. The molecule has 2 aromatic carbocycles. The van der Waals surface area contributed by atoms with Crippen LogP contribution in [0.5, 0.6) is 0 Å². The summed E-state index contributed by atoms with van der Waals surface area (Å²) < 4.78 is 5.44. The van der Waals surface area contributed by atoms with Crippen LogP contribution in [0.4, 0.5) is 21.9 Å². The van der Waals surface area contributed by atoms with E-state index in [0.29, 0.717) is 37.4 Å². The van der Waals surface area contributed by atoms with Gasteiger partial charge in [-0.2, -0.15) is 0 Å². The fourth-order valence-corrected chi connectivity index (χ4v) is 3.24. The van der Waals surface area contributed by atoms with Crippen molar-refractivity contribution in [3.8, 4) is 0 Å². The summed E-state index contributed by atoms with van der Waals surface area (Å²) in [6.07, 6.45) is -0.327. The summed E-state index contributed by atoms with van der Waals surface area (Å²) in [6, 6.07) is 12.9. The highest BCUT2D eigenvalue weighted by molar-refractivity contribution is 6.06. The average molecular weight is 426 g/mol. The number of carbonyl (C=O) groups excluding carboxylic acids is 2. The summed E-state index contributed by atoms with van der Waals surface area (Å²) in [5.41, 5.74) is 1.20. The first-order valence-corrected chi connectivity index (χ1v) is 10.0. The van der Waals surface area contributed by atoms with Gasteiger partial charge in [0.15, 0.2) is 0 Å². The third-order valence-electron chi connectivity index (χ3n) is 4.76. The van der Waals surface area contributed by atoms with E-state index in [0.717, 1.165) is 5.69 Å². The van der Waals surface area contributed by atoms with Crippen LogP contribution in [0.25, 0.3) is 0 Å². The van der Waals surface area contributed by atoms with E-state index in [1.807, 2.05) is 39.0 Å². The maximum atomic E-state index is 12.6. The molecule has 2 aromatic rings. The predicted molar refractivity (Wildman–Crippen MR) is 118 cm³/mol. The summed E-state index contributed by atoms with van der Waals surface area (Å²) in [5.74, 6) is -0.352. The minimum absolute atomic E-state index is 0.0696. The Kier molecular flexibility index (Phi) is 6.43. The number of nitro groups is 1. The van der Waals surface area contributed by atoms with Crippen molar-refractivity contribution in [2.24, 2.45) is 0 Å². The number of nitrogens with zero attached hydrogens (tertiary/aromatic N) is 3. The van der Waals surface area contributed by atoms with Gasteiger partial charge in [-0.15, -0.1) is 0 Å². The number of benzene rings is 2. The number of para-hydroxylation sites is 2. The van der Waals surface area contributed by atoms with E-state index in [1.54, 1.807) is 11.0 Å². The summed E-state index contributed by atoms with van der Waals surface area (Å²) in [7, 11) is 0. The second kappa shape index (κ2) is 9.03. The number of hydrogen-bond acceptors (Lipinski definition) is 6. The van der Waals surface area contributed by atoms with Crippen molar-refractivity contribution in [1.82, 2.24) is 4.90 Å². The molecule has 0 spiro atoms. The molecule has 1 N–H and O–H groups in total. The Balaban J connectivity index is 1.66. The van der Waals surface area contributed by atoms with E-state index >= 15 is 0 Å². The third-order valence-corrected chi connectivity index (χ3v) is 4.76. The lowest BCUT2D eigenvalue weighted by molar-refractivity contribution is -0.384. The number of carbonyl (C=O) groups is 2. The number of nitrogens with one attached hydrogen (secondary N) is 1. The molecule has 0 aliphatic carbocycles. The molecule has 1 aliphatic heterocycles. The van der Waals surface area contributed by atoms with E-state index in [-0.39, 0.29) is 17.7 Å². The molecule has 9 nitrogen and oxygen atoms in total. The van der Waals surface area contributed by atoms with Crippen molar-refractivity contribution in [2.45, 2.75) is 26.4 Å². The second-order valence-electron chi connectivity index (χ2n) is 8.23. The zero-order valence-corrected chi connectivity index (χ0v) is 17.8. The molecule has 1 saturated heterocycles. The summed E-state index contributed by atoms with van der Waals surface area (Å²) in [5, 5.41) is 13.7. The molecular formula is C22H26N4O5. The van der Waals surface area contributed by atoms with Crippen LogP contribution >= 0.6 is 0 Å². The zero-order chi connectivity index (χ0) is 22.6. The van der Waals surface area contributed by atoms with Crippen LogP contribution < -0.4 is 10.2 Å². The first kappa shape index (κ1) is 22.1. The Labute approximate surface area is 180 Å². The Hall–Kier alpha value is -3.62. The third kappa shape index (κ3) is 5.71. The molecule has 9 heteroatoms. The van der Waals surface area contributed by atoms with Crippen molar-refractivity contribution in [3.63, 3.8) is 0 Å². The highest BCUT2D eigenvalue weighted by Gasteiger charge is 2.26. The van der Waals surface area contributed by atoms with Crippen LogP contribution in [0.1, 0.15) is 31.1 Å². The average Bonchev–Trinajstić information content (AvgIpc) is 2.73. The van der Waals surface area contributed by atoms with E-state index in [1.165, 1.54) is 24.3 Å². The molecule has 1 aliphatic rings. The molecule has 1 heterocycles. The summed E-state index contributed by atoms with van der Waals surface area (Å²) in [6.45, 7) is 7.74. The van der Waals surface area contributed by atoms with Crippen LogP contribution in [-0.4, -0.2) is 53.6 Å². The first-order valence-electron chi connectivity index (χ1n) is 10.0. The lowest BCUT2D eigenvalue weighted by Gasteiger charge is -2.37. The Bertz CT molecular complexity index is 961.